The molecule has 1 saturated heterocycles. The van der Waals surface area contributed by atoms with Gasteiger partial charge in [-0.25, -0.2) is 0 Å². The van der Waals surface area contributed by atoms with Crippen molar-refractivity contribution in [2.45, 2.75) is 25.3 Å². The zero-order valence-corrected chi connectivity index (χ0v) is 11.8. The maximum atomic E-state index is 12.0. The number of nitrogens with one attached hydrogen (secondary N) is 2. The van der Waals surface area contributed by atoms with Gasteiger partial charge >= 0.3 is 0 Å². The van der Waals surface area contributed by atoms with E-state index >= 15 is 0 Å². The predicted molar refractivity (Wildman–Crippen MR) is 77.9 cm³/mol. The number of piperidine rings is 1. The van der Waals surface area contributed by atoms with E-state index in [2.05, 4.69) is 15.5 Å². The number of hydrogen-bond donors (Lipinski definition) is 2. The highest BCUT2D eigenvalue weighted by Crippen LogP contribution is 2.23. The van der Waals surface area contributed by atoms with Crippen LogP contribution in [-0.4, -0.2) is 27.2 Å². The van der Waals surface area contributed by atoms with Gasteiger partial charge in [0.1, 0.15) is 5.82 Å². The highest BCUT2D eigenvalue weighted by atomic mass is 32.1. The molecule has 104 valence electrons. The number of nitrogens with zero attached hydrogens (tertiary/aromatic N) is 2. The van der Waals surface area contributed by atoms with E-state index in [1.165, 1.54) is 0 Å². The minimum atomic E-state index is -0.208. The van der Waals surface area contributed by atoms with Crippen LogP contribution in [0.4, 0.5) is 0 Å². The number of rotatable bonds is 3. The van der Waals surface area contributed by atoms with Gasteiger partial charge in [0.15, 0.2) is 4.77 Å². The Hall–Kier alpha value is -1.95. The van der Waals surface area contributed by atoms with Crippen molar-refractivity contribution in [2.24, 2.45) is 0 Å². The van der Waals surface area contributed by atoms with Crippen LogP contribution in [0.15, 0.2) is 30.3 Å². The van der Waals surface area contributed by atoms with E-state index in [1.807, 2.05) is 34.9 Å². The van der Waals surface area contributed by atoms with Gasteiger partial charge in [-0.1, -0.05) is 30.3 Å². The molecule has 0 aliphatic carbocycles. The molecule has 1 aliphatic rings. The van der Waals surface area contributed by atoms with Gasteiger partial charge in [-0.2, -0.15) is 5.10 Å². The number of hydrogen-bond acceptors (Lipinski definition) is 3. The Morgan fingerprint density at radius 1 is 1.35 bits per heavy atom. The molecule has 2 heterocycles. The van der Waals surface area contributed by atoms with E-state index < -0.39 is 0 Å². The number of benzene rings is 1. The van der Waals surface area contributed by atoms with Crippen molar-refractivity contribution in [1.29, 1.82) is 0 Å². The third-order valence-corrected chi connectivity index (χ3v) is 3.88. The summed E-state index contributed by atoms with van der Waals surface area (Å²) in [6, 6.07) is 10.0. The second kappa shape index (κ2) is 5.58. The van der Waals surface area contributed by atoms with Gasteiger partial charge in [0.25, 0.3) is 0 Å². The van der Waals surface area contributed by atoms with E-state index in [4.69, 9.17) is 12.2 Å². The molecule has 1 aliphatic heterocycles. The SMILES string of the molecule is O=C1NCCC[C@@H]1c1n[nH]c(=S)n1Cc1ccccc1. The fourth-order valence-corrected chi connectivity index (χ4v) is 2.74. The number of carbonyl (C=O) groups excluding carboxylic acids is 1. The second-order valence-electron chi connectivity index (χ2n) is 4.94. The molecule has 3 rings (SSSR count). The van der Waals surface area contributed by atoms with Gasteiger partial charge in [0.2, 0.25) is 5.91 Å². The van der Waals surface area contributed by atoms with Gasteiger partial charge in [0.05, 0.1) is 12.5 Å². The minimum Gasteiger partial charge on any atom is -0.355 e. The quantitative estimate of drug-likeness (QED) is 0.849. The van der Waals surface area contributed by atoms with Crippen molar-refractivity contribution in [3.05, 3.63) is 46.5 Å². The number of aromatic amines is 1. The van der Waals surface area contributed by atoms with Crippen molar-refractivity contribution < 1.29 is 4.79 Å². The molecule has 1 atom stereocenters. The van der Waals surface area contributed by atoms with Gasteiger partial charge in [0, 0.05) is 6.54 Å². The highest BCUT2D eigenvalue weighted by molar-refractivity contribution is 7.71. The average Bonchev–Trinajstić information content (AvgIpc) is 2.82. The topological polar surface area (TPSA) is 62.7 Å². The number of H-pyrrole nitrogens is 1. The van der Waals surface area contributed by atoms with Crippen LogP contribution >= 0.6 is 12.2 Å². The Morgan fingerprint density at radius 2 is 2.15 bits per heavy atom. The van der Waals surface area contributed by atoms with Crippen molar-refractivity contribution in [2.75, 3.05) is 6.54 Å². The predicted octanol–water partition coefficient (Wildman–Crippen LogP) is 1.98. The molecule has 0 unspecified atom stereocenters. The second-order valence-corrected chi connectivity index (χ2v) is 5.33. The summed E-state index contributed by atoms with van der Waals surface area (Å²) in [4.78, 5) is 12.0. The lowest BCUT2D eigenvalue weighted by Crippen LogP contribution is -2.36. The fourth-order valence-electron chi connectivity index (χ4n) is 2.53. The molecular formula is C14H16N4OS. The van der Waals surface area contributed by atoms with Gasteiger partial charge in [-0.3, -0.25) is 14.5 Å². The Bertz CT molecular complexity index is 661. The van der Waals surface area contributed by atoms with Crippen LogP contribution in [-0.2, 0) is 11.3 Å². The van der Waals surface area contributed by atoms with Crippen LogP contribution in [0, 0.1) is 4.77 Å². The zero-order valence-electron chi connectivity index (χ0n) is 11.0. The Labute approximate surface area is 122 Å². The molecule has 0 bridgehead atoms. The van der Waals surface area contributed by atoms with E-state index in [0.29, 0.717) is 11.3 Å². The molecule has 0 radical (unpaired) electrons. The molecule has 20 heavy (non-hydrogen) atoms. The van der Waals surface area contributed by atoms with Crippen LogP contribution in [0.1, 0.15) is 30.1 Å². The summed E-state index contributed by atoms with van der Waals surface area (Å²) < 4.78 is 2.47. The van der Waals surface area contributed by atoms with E-state index in [9.17, 15) is 4.79 Å². The summed E-state index contributed by atoms with van der Waals surface area (Å²) in [5.74, 6) is 0.566. The molecule has 1 aromatic carbocycles. The number of aromatic nitrogens is 3. The van der Waals surface area contributed by atoms with Crippen molar-refractivity contribution in [3.8, 4) is 0 Å². The zero-order chi connectivity index (χ0) is 13.9. The summed E-state index contributed by atoms with van der Waals surface area (Å²) in [5, 5.41) is 9.97. The number of amides is 1. The van der Waals surface area contributed by atoms with Crippen molar-refractivity contribution in [1.82, 2.24) is 20.1 Å². The molecule has 0 saturated carbocycles. The molecule has 6 heteroatoms. The normalized spacial score (nSPS) is 18.8. The maximum absolute atomic E-state index is 12.0. The fraction of sp³-hybridized carbons (Fsp3) is 0.357. The monoisotopic (exact) mass is 288 g/mol. The van der Waals surface area contributed by atoms with E-state index in [1.54, 1.807) is 0 Å². The van der Waals surface area contributed by atoms with Crippen LogP contribution in [0.2, 0.25) is 0 Å². The Kier molecular flexibility index (Phi) is 3.64. The van der Waals surface area contributed by atoms with Gasteiger partial charge in [-0.05, 0) is 30.6 Å². The summed E-state index contributed by atoms with van der Waals surface area (Å²) >= 11 is 5.29. The lowest BCUT2D eigenvalue weighted by Gasteiger charge is -2.21. The largest absolute Gasteiger partial charge is 0.355 e. The molecule has 2 N–H and O–H groups in total. The van der Waals surface area contributed by atoms with Gasteiger partial charge < -0.3 is 5.32 Å². The van der Waals surface area contributed by atoms with Crippen LogP contribution < -0.4 is 5.32 Å². The summed E-state index contributed by atoms with van der Waals surface area (Å²) in [6.07, 6.45) is 1.79. The Morgan fingerprint density at radius 3 is 2.90 bits per heavy atom. The first-order valence-corrected chi connectivity index (χ1v) is 7.13. The Balaban J connectivity index is 1.93. The molecule has 2 aromatic rings. The van der Waals surface area contributed by atoms with E-state index in [0.717, 1.165) is 30.8 Å². The molecule has 5 nitrogen and oxygen atoms in total. The highest BCUT2D eigenvalue weighted by Gasteiger charge is 2.28. The third-order valence-electron chi connectivity index (χ3n) is 3.57. The van der Waals surface area contributed by atoms with Gasteiger partial charge in [-0.15, -0.1) is 0 Å². The van der Waals surface area contributed by atoms with Crippen LogP contribution in [0.25, 0.3) is 0 Å². The molecular weight excluding hydrogens is 272 g/mol. The molecule has 1 fully saturated rings. The van der Waals surface area contributed by atoms with Crippen LogP contribution in [0.3, 0.4) is 0 Å². The first-order chi connectivity index (χ1) is 9.75. The lowest BCUT2D eigenvalue weighted by atomic mass is 9.98. The smallest absolute Gasteiger partial charge is 0.230 e. The summed E-state index contributed by atoms with van der Waals surface area (Å²) in [7, 11) is 0. The summed E-state index contributed by atoms with van der Waals surface area (Å²) in [5.41, 5.74) is 1.14. The third kappa shape index (κ3) is 2.51. The summed E-state index contributed by atoms with van der Waals surface area (Å²) in [6.45, 7) is 1.38. The van der Waals surface area contributed by atoms with Crippen molar-refractivity contribution >= 4 is 18.1 Å². The standard InChI is InChI=1S/C14H16N4OS/c19-13-11(7-4-8-15-13)12-16-17-14(20)18(12)9-10-5-2-1-3-6-10/h1-3,5-6,11H,4,7-9H2,(H,15,19)(H,17,20)/t11-/m1/s1. The van der Waals surface area contributed by atoms with E-state index in [-0.39, 0.29) is 11.8 Å². The first kappa shape index (κ1) is 13.1. The molecule has 1 amide bonds. The van der Waals surface area contributed by atoms with Crippen LogP contribution in [0.5, 0.6) is 0 Å². The van der Waals surface area contributed by atoms with Crippen molar-refractivity contribution in [3.63, 3.8) is 0 Å². The minimum absolute atomic E-state index is 0.0413. The molecule has 1 aromatic heterocycles. The maximum Gasteiger partial charge on any atom is 0.230 e. The first-order valence-electron chi connectivity index (χ1n) is 6.72. The lowest BCUT2D eigenvalue weighted by molar-refractivity contribution is -0.124. The number of carbonyl (C=O) groups is 1. The average molecular weight is 288 g/mol. The molecule has 0 spiro atoms.